The van der Waals surface area contributed by atoms with E-state index in [4.69, 9.17) is 5.73 Å². The number of aromatic nitrogens is 1. The van der Waals surface area contributed by atoms with Crippen LogP contribution in [0.3, 0.4) is 0 Å². The molecule has 8 heteroatoms. The van der Waals surface area contributed by atoms with E-state index in [1.165, 1.54) is 24.4 Å². The van der Waals surface area contributed by atoms with Crippen molar-refractivity contribution in [2.75, 3.05) is 5.73 Å². The molecule has 0 saturated carbocycles. The van der Waals surface area contributed by atoms with Gasteiger partial charge in [-0.25, -0.2) is 13.7 Å². The van der Waals surface area contributed by atoms with Crippen LogP contribution in [0.25, 0.3) is 0 Å². The summed E-state index contributed by atoms with van der Waals surface area (Å²) in [6.07, 6.45) is 1.30. The van der Waals surface area contributed by atoms with Gasteiger partial charge in [0.1, 0.15) is 5.82 Å². The molecule has 0 atom stereocenters. The summed E-state index contributed by atoms with van der Waals surface area (Å²) in [5.41, 5.74) is 6.11. The minimum atomic E-state index is -4.00. The van der Waals surface area contributed by atoms with Crippen LogP contribution in [-0.2, 0) is 16.6 Å². The van der Waals surface area contributed by atoms with E-state index in [1.54, 1.807) is 0 Å². The Labute approximate surface area is 120 Å². The van der Waals surface area contributed by atoms with Gasteiger partial charge in [0.15, 0.2) is 5.03 Å². The molecule has 0 aliphatic carbocycles. The first-order chi connectivity index (χ1) is 9.91. The van der Waals surface area contributed by atoms with E-state index in [1.807, 2.05) is 0 Å². The van der Waals surface area contributed by atoms with Gasteiger partial charge in [0.05, 0.1) is 12.1 Å². The van der Waals surface area contributed by atoms with Gasteiger partial charge in [-0.15, -0.1) is 0 Å². The van der Waals surface area contributed by atoms with E-state index >= 15 is 0 Å². The summed E-state index contributed by atoms with van der Waals surface area (Å²) >= 11 is 0. The number of carbonyl (C=O) groups excluding carboxylic acids is 1. The molecule has 6 nitrogen and oxygen atoms in total. The molecular weight excluding hydrogens is 297 g/mol. The Balaban J connectivity index is 2.03. The average molecular weight is 307 g/mol. The summed E-state index contributed by atoms with van der Waals surface area (Å²) in [6, 6.07) is 6.47. The molecular formula is C13H10FN3O3S. The minimum absolute atomic E-state index is 0.0261. The predicted molar refractivity (Wildman–Crippen MR) is 72.1 cm³/mol. The Hall–Kier alpha value is -2.48. The highest BCUT2D eigenvalue weighted by Crippen LogP contribution is 2.30. The lowest BCUT2D eigenvalue weighted by Crippen LogP contribution is -2.29. The molecule has 2 N–H and O–H groups in total. The first kappa shape index (κ1) is 13.5. The summed E-state index contributed by atoms with van der Waals surface area (Å²) in [5, 5.41) is -0.268. The van der Waals surface area contributed by atoms with E-state index in [0.29, 0.717) is 9.87 Å². The highest BCUT2D eigenvalue weighted by Gasteiger charge is 2.42. The van der Waals surface area contributed by atoms with Gasteiger partial charge in [-0.2, -0.15) is 8.42 Å². The maximum Gasteiger partial charge on any atom is 0.285 e. The number of rotatable bonds is 2. The lowest BCUT2D eigenvalue weighted by atomic mass is 10.1. The first-order valence-electron chi connectivity index (χ1n) is 5.97. The summed E-state index contributed by atoms with van der Waals surface area (Å²) in [4.78, 5) is 15.9. The molecule has 1 aliphatic rings. The molecule has 0 bridgehead atoms. The zero-order chi connectivity index (χ0) is 15.2. The van der Waals surface area contributed by atoms with Crippen molar-refractivity contribution in [1.82, 2.24) is 9.29 Å². The summed E-state index contributed by atoms with van der Waals surface area (Å²) < 4.78 is 38.3. The van der Waals surface area contributed by atoms with Crippen LogP contribution < -0.4 is 5.73 Å². The van der Waals surface area contributed by atoms with Crippen LogP contribution in [-0.4, -0.2) is 23.6 Å². The molecule has 108 valence electrons. The highest BCUT2D eigenvalue weighted by atomic mass is 32.2. The number of hydrogen-bond donors (Lipinski definition) is 1. The third kappa shape index (κ3) is 2.04. The molecule has 1 aliphatic heterocycles. The van der Waals surface area contributed by atoms with Gasteiger partial charge in [-0.1, -0.05) is 6.07 Å². The Bertz CT molecular complexity index is 851. The van der Waals surface area contributed by atoms with Crippen molar-refractivity contribution in [3.05, 3.63) is 53.5 Å². The fourth-order valence-electron chi connectivity index (χ4n) is 2.13. The number of halogens is 1. The zero-order valence-electron chi connectivity index (χ0n) is 10.7. The van der Waals surface area contributed by atoms with Crippen LogP contribution in [0.2, 0.25) is 0 Å². The Morgan fingerprint density at radius 3 is 2.71 bits per heavy atom. The number of hydrogen-bond acceptors (Lipinski definition) is 5. The van der Waals surface area contributed by atoms with Gasteiger partial charge in [0.2, 0.25) is 0 Å². The number of nitrogens with two attached hydrogens (primary N) is 1. The number of sulfonamides is 1. The number of fused-ring (bicyclic) bond motifs is 1. The Morgan fingerprint density at radius 2 is 2.05 bits per heavy atom. The lowest BCUT2D eigenvalue weighted by molar-refractivity contribution is 0.0865. The third-order valence-electron chi connectivity index (χ3n) is 3.18. The van der Waals surface area contributed by atoms with Gasteiger partial charge in [-0.3, -0.25) is 4.79 Å². The van der Waals surface area contributed by atoms with Crippen molar-refractivity contribution in [3.63, 3.8) is 0 Å². The quantitative estimate of drug-likeness (QED) is 0.840. The molecule has 3 rings (SSSR count). The molecule has 2 heterocycles. The number of amides is 1. The molecule has 0 fully saturated rings. The fourth-order valence-corrected chi connectivity index (χ4v) is 3.59. The molecule has 1 aromatic heterocycles. The maximum absolute atomic E-state index is 13.0. The van der Waals surface area contributed by atoms with Crippen LogP contribution in [0.1, 0.15) is 15.9 Å². The Morgan fingerprint density at radius 1 is 1.29 bits per heavy atom. The topological polar surface area (TPSA) is 93.4 Å². The number of pyridine rings is 1. The molecule has 2 aromatic rings. The molecule has 0 radical (unpaired) electrons. The molecule has 21 heavy (non-hydrogen) atoms. The molecule has 0 unspecified atom stereocenters. The molecule has 1 amide bonds. The van der Waals surface area contributed by atoms with Crippen LogP contribution in [0, 0.1) is 5.82 Å². The third-order valence-corrected chi connectivity index (χ3v) is 4.87. The van der Waals surface area contributed by atoms with E-state index in [2.05, 4.69) is 4.98 Å². The predicted octanol–water partition coefficient (Wildman–Crippen LogP) is 1.15. The second-order valence-electron chi connectivity index (χ2n) is 4.52. The Kier molecular flexibility index (Phi) is 2.91. The number of nitrogen functional groups attached to an aromatic ring is 1. The van der Waals surface area contributed by atoms with Crippen molar-refractivity contribution < 1.29 is 17.6 Å². The highest BCUT2D eigenvalue weighted by molar-refractivity contribution is 7.90. The summed E-state index contributed by atoms with van der Waals surface area (Å²) in [5.74, 6) is -1.20. The van der Waals surface area contributed by atoms with E-state index in [-0.39, 0.29) is 22.8 Å². The minimum Gasteiger partial charge on any atom is -0.398 e. The summed E-state index contributed by atoms with van der Waals surface area (Å²) in [6.45, 7) is -0.260. The van der Waals surface area contributed by atoms with Gasteiger partial charge in [0.25, 0.3) is 15.9 Å². The zero-order valence-corrected chi connectivity index (χ0v) is 11.5. The molecule has 0 spiro atoms. The number of benzene rings is 1. The van der Waals surface area contributed by atoms with Gasteiger partial charge in [0, 0.05) is 11.9 Å². The first-order valence-corrected chi connectivity index (χ1v) is 7.41. The van der Waals surface area contributed by atoms with Crippen molar-refractivity contribution in [2.45, 2.75) is 11.6 Å². The van der Waals surface area contributed by atoms with E-state index in [9.17, 15) is 17.6 Å². The van der Waals surface area contributed by atoms with E-state index < -0.39 is 21.7 Å². The summed E-state index contributed by atoms with van der Waals surface area (Å²) in [7, 11) is -4.00. The number of carbonyl (C=O) groups is 1. The lowest BCUT2D eigenvalue weighted by Gasteiger charge is -2.16. The monoisotopic (exact) mass is 307 g/mol. The largest absolute Gasteiger partial charge is 0.398 e. The molecule has 0 saturated heterocycles. The van der Waals surface area contributed by atoms with Crippen molar-refractivity contribution in [2.24, 2.45) is 0 Å². The van der Waals surface area contributed by atoms with Crippen molar-refractivity contribution in [3.8, 4) is 0 Å². The normalized spacial score (nSPS) is 16.0. The van der Waals surface area contributed by atoms with Crippen LogP contribution in [0.15, 0.2) is 41.6 Å². The second-order valence-corrected chi connectivity index (χ2v) is 6.29. The van der Waals surface area contributed by atoms with Crippen LogP contribution in [0.4, 0.5) is 10.1 Å². The standard InChI is InChI=1S/C13H10FN3O3S/c14-9-4-3-8(11(15)6-9)7-17-13(18)10-2-1-5-16-12(10)21(17,19)20/h1-6H,7,15H2. The maximum atomic E-state index is 13.0. The van der Waals surface area contributed by atoms with Crippen LogP contribution >= 0.6 is 0 Å². The van der Waals surface area contributed by atoms with Gasteiger partial charge in [-0.05, 0) is 29.8 Å². The SMILES string of the molecule is Nc1cc(F)ccc1CN1C(=O)c2cccnc2S1(=O)=O. The average Bonchev–Trinajstić information content (AvgIpc) is 2.63. The number of nitrogens with zero attached hydrogens (tertiary/aromatic N) is 2. The van der Waals surface area contributed by atoms with Gasteiger partial charge >= 0.3 is 0 Å². The second kappa shape index (κ2) is 4.52. The number of anilines is 1. The van der Waals surface area contributed by atoms with Crippen LogP contribution in [0.5, 0.6) is 0 Å². The van der Waals surface area contributed by atoms with E-state index in [0.717, 1.165) is 12.1 Å². The van der Waals surface area contributed by atoms with Gasteiger partial charge < -0.3 is 5.73 Å². The smallest absolute Gasteiger partial charge is 0.285 e. The van der Waals surface area contributed by atoms with Crippen molar-refractivity contribution in [1.29, 1.82) is 0 Å². The van der Waals surface area contributed by atoms with Crippen molar-refractivity contribution >= 4 is 21.6 Å². The fraction of sp³-hybridized carbons (Fsp3) is 0.0769. The molecule has 1 aromatic carbocycles.